The van der Waals surface area contributed by atoms with E-state index < -0.39 is 0 Å². The Hall–Kier alpha value is -3.81. The predicted octanol–water partition coefficient (Wildman–Crippen LogP) is 2.64. The summed E-state index contributed by atoms with van der Waals surface area (Å²) in [6, 6.07) is 23.7. The van der Waals surface area contributed by atoms with Crippen molar-refractivity contribution in [3.63, 3.8) is 0 Å². The average Bonchev–Trinajstić information content (AvgIpc) is 3.33. The number of hydrogen-bond acceptors (Lipinski definition) is 5. The number of anilines is 1. The Morgan fingerprint density at radius 3 is 2.54 bits per heavy atom. The number of rotatable bonds is 9. The minimum Gasteiger partial charge on any atom is -0.492 e. The number of aromatic nitrogens is 1. The van der Waals surface area contributed by atoms with Crippen LogP contribution < -0.4 is 20.6 Å². The van der Waals surface area contributed by atoms with Gasteiger partial charge in [-0.15, -0.1) is 0 Å². The number of nitrogens with two attached hydrogens (primary N) is 2. The summed E-state index contributed by atoms with van der Waals surface area (Å²) < 4.78 is 17.4. The van der Waals surface area contributed by atoms with Gasteiger partial charge in [-0.3, -0.25) is 10.3 Å². The van der Waals surface area contributed by atoms with Crippen LogP contribution in [0.25, 0.3) is 10.9 Å². The Morgan fingerprint density at radius 2 is 1.71 bits per heavy atom. The van der Waals surface area contributed by atoms with Crippen LogP contribution >= 0.6 is 0 Å². The number of hydrogen-bond donors (Lipinski definition) is 3. The fourth-order valence-corrected chi connectivity index (χ4v) is 4.21. The van der Waals surface area contributed by atoms with Crippen molar-refractivity contribution in [3.8, 4) is 11.5 Å². The number of fused-ring (bicyclic) bond motifs is 1. The van der Waals surface area contributed by atoms with Gasteiger partial charge in [0, 0.05) is 36.2 Å². The number of H-pyrrole nitrogens is 1. The number of aromatic amines is 1. The lowest BCUT2D eigenvalue weighted by Crippen LogP contribution is -2.41. The number of benzene rings is 3. The fraction of sp³-hybridized carbons (Fsp3) is 0.250. The van der Waals surface area contributed by atoms with Gasteiger partial charge in [-0.25, -0.2) is 0 Å². The summed E-state index contributed by atoms with van der Waals surface area (Å²) in [5.41, 5.74) is 11.1. The highest BCUT2D eigenvalue weighted by molar-refractivity contribution is 6.13. The van der Waals surface area contributed by atoms with Gasteiger partial charge < -0.3 is 24.9 Å². The highest BCUT2D eigenvalue weighted by Crippen LogP contribution is 2.26. The van der Waals surface area contributed by atoms with Gasteiger partial charge >= 0.3 is 0 Å². The predicted molar refractivity (Wildman–Crippen MR) is 138 cm³/mol. The molecule has 0 atom stereocenters. The molecule has 2 heterocycles. The Labute approximate surface area is 204 Å². The Bertz CT molecular complexity index is 1300. The normalized spacial score (nSPS) is 14.2. The van der Waals surface area contributed by atoms with Gasteiger partial charge in [0.15, 0.2) is 0 Å². The molecular weight excluding hydrogens is 440 g/mol. The van der Waals surface area contributed by atoms with Crippen LogP contribution in [0.15, 0.2) is 72.8 Å². The second-order valence-corrected chi connectivity index (χ2v) is 8.67. The molecule has 0 bridgehead atoms. The zero-order valence-corrected chi connectivity index (χ0v) is 19.7. The minimum atomic E-state index is 0.477. The van der Waals surface area contributed by atoms with Crippen LogP contribution in [-0.2, 0) is 11.3 Å². The number of nitrogens with zero attached hydrogens (tertiary/aromatic N) is 1. The van der Waals surface area contributed by atoms with Crippen molar-refractivity contribution in [2.75, 3.05) is 45.2 Å². The first-order valence-corrected chi connectivity index (χ1v) is 11.9. The number of nitrogens with one attached hydrogen (secondary N) is 1. The summed E-state index contributed by atoms with van der Waals surface area (Å²) in [4.78, 5) is 5.75. The van der Waals surface area contributed by atoms with E-state index >= 15 is 0 Å². The molecule has 7 heteroatoms. The van der Waals surface area contributed by atoms with Crippen molar-refractivity contribution in [2.24, 2.45) is 0 Å². The van der Waals surface area contributed by atoms with Gasteiger partial charge in [0.25, 0.3) is 0 Å². The van der Waals surface area contributed by atoms with E-state index in [9.17, 15) is 0 Å². The highest BCUT2D eigenvalue weighted by Gasteiger charge is 2.18. The Kier molecular flexibility index (Phi) is 6.97. The van der Waals surface area contributed by atoms with E-state index in [1.165, 1.54) is 0 Å². The molecular formula is C28H31N4O3+. The van der Waals surface area contributed by atoms with Crippen molar-refractivity contribution in [2.45, 2.75) is 6.61 Å². The van der Waals surface area contributed by atoms with E-state index in [0.717, 1.165) is 66.3 Å². The SMILES string of the molecule is Nc1ccc(OCc2ccccc2)cc1C(=[NH2+])c1cc2cc(OCCN3CCOCC3)ccc2[nH]1. The summed E-state index contributed by atoms with van der Waals surface area (Å²) in [7, 11) is 0. The van der Waals surface area contributed by atoms with E-state index in [2.05, 4.69) is 9.88 Å². The summed E-state index contributed by atoms with van der Waals surface area (Å²) in [5, 5.41) is 7.59. The van der Waals surface area contributed by atoms with E-state index in [0.29, 0.717) is 30.4 Å². The summed E-state index contributed by atoms with van der Waals surface area (Å²) in [6.45, 7) is 5.52. The molecule has 0 saturated carbocycles. The first-order chi connectivity index (χ1) is 17.2. The van der Waals surface area contributed by atoms with Crippen molar-refractivity contribution in [3.05, 3.63) is 89.6 Å². The van der Waals surface area contributed by atoms with Gasteiger partial charge in [-0.1, -0.05) is 30.3 Å². The summed E-state index contributed by atoms with van der Waals surface area (Å²) >= 11 is 0. The molecule has 0 aliphatic carbocycles. The third-order valence-electron chi connectivity index (χ3n) is 6.23. The number of nitrogen functional groups attached to an aromatic ring is 1. The smallest absolute Gasteiger partial charge is 0.229 e. The lowest BCUT2D eigenvalue weighted by atomic mass is 10.0. The van der Waals surface area contributed by atoms with Crippen LogP contribution in [0.5, 0.6) is 11.5 Å². The van der Waals surface area contributed by atoms with Crippen molar-refractivity contribution in [1.29, 1.82) is 0 Å². The van der Waals surface area contributed by atoms with E-state index in [1.54, 1.807) is 0 Å². The first-order valence-electron chi connectivity index (χ1n) is 11.9. The number of ether oxygens (including phenoxy) is 3. The van der Waals surface area contributed by atoms with E-state index in [4.69, 9.17) is 25.4 Å². The molecule has 5 N–H and O–H groups in total. The summed E-state index contributed by atoms with van der Waals surface area (Å²) in [5.74, 6) is 1.55. The van der Waals surface area contributed by atoms with E-state index in [1.807, 2.05) is 72.8 Å². The molecule has 7 nitrogen and oxygen atoms in total. The van der Waals surface area contributed by atoms with Crippen molar-refractivity contribution < 1.29 is 19.6 Å². The highest BCUT2D eigenvalue weighted by atomic mass is 16.5. The molecule has 0 spiro atoms. The van der Waals surface area contributed by atoms with Gasteiger partial charge in [0.2, 0.25) is 5.71 Å². The lowest BCUT2D eigenvalue weighted by Gasteiger charge is -2.26. The molecule has 1 fully saturated rings. The third-order valence-corrected chi connectivity index (χ3v) is 6.23. The van der Waals surface area contributed by atoms with Gasteiger partial charge in [0.05, 0.1) is 18.8 Å². The first kappa shape index (κ1) is 23.0. The maximum Gasteiger partial charge on any atom is 0.229 e. The van der Waals surface area contributed by atoms with E-state index in [-0.39, 0.29) is 0 Å². The van der Waals surface area contributed by atoms with Gasteiger partial charge in [-0.05, 0) is 48.0 Å². The molecule has 180 valence electrons. The third kappa shape index (κ3) is 5.65. The molecule has 4 aromatic rings. The molecule has 0 amide bonds. The molecule has 1 saturated heterocycles. The quantitative estimate of drug-likeness (QED) is 0.258. The van der Waals surface area contributed by atoms with Crippen molar-refractivity contribution in [1.82, 2.24) is 9.88 Å². The largest absolute Gasteiger partial charge is 0.492 e. The standard InChI is InChI=1S/C28H30N4O3/c29-25-8-6-23(35-19-20-4-2-1-3-5-20)18-24(25)28(30)27-17-21-16-22(7-9-26(21)31-27)34-15-12-32-10-13-33-14-11-32/h1-9,16-18,30-31H,10-15,19,29H2/p+1. The molecule has 5 rings (SSSR count). The Morgan fingerprint density at radius 1 is 0.943 bits per heavy atom. The van der Waals surface area contributed by atoms with Crippen LogP contribution in [0, 0.1) is 0 Å². The minimum absolute atomic E-state index is 0.477. The summed E-state index contributed by atoms with van der Waals surface area (Å²) in [6.07, 6.45) is 0. The second kappa shape index (κ2) is 10.6. The molecule has 0 radical (unpaired) electrons. The molecule has 1 aliphatic rings. The topological polar surface area (TPSA) is 98.3 Å². The molecule has 1 aliphatic heterocycles. The van der Waals surface area contributed by atoms with Gasteiger partial charge in [0.1, 0.15) is 30.4 Å². The van der Waals surface area contributed by atoms with Crippen molar-refractivity contribution >= 4 is 22.3 Å². The zero-order chi connectivity index (χ0) is 24.0. The van der Waals surface area contributed by atoms with Crippen LogP contribution in [0.2, 0.25) is 0 Å². The fourth-order valence-electron chi connectivity index (χ4n) is 4.21. The zero-order valence-electron chi connectivity index (χ0n) is 19.7. The van der Waals surface area contributed by atoms with Crippen LogP contribution in [0.3, 0.4) is 0 Å². The average molecular weight is 472 g/mol. The molecule has 3 aromatic carbocycles. The maximum absolute atomic E-state index is 6.56. The van der Waals surface area contributed by atoms with Gasteiger partial charge in [-0.2, -0.15) is 0 Å². The molecule has 1 aromatic heterocycles. The van der Waals surface area contributed by atoms with Crippen LogP contribution in [0.4, 0.5) is 5.69 Å². The lowest BCUT2D eigenvalue weighted by molar-refractivity contribution is -0.111. The molecule has 35 heavy (non-hydrogen) atoms. The monoisotopic (exact) mass is 471 g/mol. The molecule has 0 unspecified atom stereocenters. The van der Waals surface area contributed by atoms with Crippen LogP contribution in [-0.4, -0.2) is 55.1 Å². The Balaban J connectivity index is 1.26. The van der Waals surface area contributed by atoms with Crippen LogP contribution in [0.1, 0.15) is 16.8 Å². The second-order valence-electron chi connectivity index (χ2n) is 8.67. The maximum atomic E-state index is 6.56. The number of morpholine rings is 1.